The average molecular weight is 425 g/mol. The first-order valence-electron chi connectivity index (χ1n) is 10.8. The van der Waals surface area contributed by atoms with E-state index in [2.05, 4.69) is 0 Å². The summed E-state index contributed by atoms with van der Waals surface area (Å²) in [5, 5.41) is 0. The molecule has 31 heavy (non-hydrogen) atoms. The van der Waals surface area contributed by atoms with Crippen molar-refractivity contribution in [2.75, 3.05) is 33.9 Å². The van der Waals surface area contributed by atoms with Gasteiger partial charge in [-0.15, -0.1) is 0 Å². The Hall–Kier alpha value is -3.02. The number of rotatable bonds is 7. The lowest BCUT2D eigenvalue weighted by Gasteiger charge is -2.37. The Kier molecular flexibility index (Phi) is 7.55. The normalized spacial score (nSPS) is 16.2. The van der Waals surface area contributed by atoms with Crippen molar-refractivity contribution in [3.05, 3.63) is 59.7 Å². The Bertz CT molecular complexity index is 877. The number of carbonyl (C=O) groups is 2. The molecule has 2 aromatic rings. The molecule has 0 N–H and O–H groups in total. The summed E-state index contributed by atoms with van der Waals surface area (Å²) in [7, 11) is 3.22. The highest BCUT2D eigenvalue weighted by Crippen LogP contribution is 2.23. The van der Waals surface area contributed by atoms with Crippen LogP contribution in [-0.4, -0.2) is 61.5 Å². The second-order valence-electron chi connectivity index (χ2n) is 8.27. The smallest absolute Gasteiger partial charge is 0.254 e. The summed E-state index contributed by atoms with van der Waals surface area (Å²) in [6.45, 7) is 6.10. The largest absolute Gasteiger partial charge is 0.497 e. The first-order chi connectivity index (χ1) is 14.9. The van der Waals surface area contributed by atoms with E-state index in [1.807, 2.05) is 47.9 Å². The minimum atomic E-state index is 0.0104. The molecule has 1 aliphatic rings. The highest BCUT2D eigenvalue weighted by molar-refractivity contribution is 5.95. The van der Waals surface area contributed by atoms with E-state index in [1.54, 1.807) is 38.5 Å². The molecule has 1 heterocycles. The summed E-state index contributed by atoms with van der Waals surface area (Å²) in [4.78, 5) is 29.9. The fourth-order valence-corrected chi connectivity index (χ4v) is 4.02. The number of benzene rings is 2. The van der Waals surface area contributed by atoms with Gasteiger partial charge in [-0.3, -0.25) is 9.59 Å². The van der Waals surface area contributed by atoms with Crippen LogP contribution in [0.25, 0.3) is 0 Å². The Labute approximate surface area is 184 Å². The van der Waals surface area contributed by atoms with Gasteiger partial charge in [-0.2, -0.15) is 0 Å². The number of amides is 2. The Morgan fingerprint density at radius 2 is 1.52 bits per heavy atom. The standard InChI is InChI=1S/C25H32N2O4/c1-18(2)27(25(29)21-9-13-23(31-4)14-10-21)17-19-6-5-15-26(16-19)24(28)20-7-11-22(30-3)12-8-20/h7-14,18-19H,5-6,15-17H2,1-4H3/t19-/m0/s1. The van der Waals surface area contributed by atoms with Crippen LogP contribution >= 0.6 is 0 Å². The lowest BCUT2D eigenvalue weighted by atomic mass is 9.95. The van der Waals surface area contributed by atoms with Crippen molar-refractivity contribution in [2.24, 2.45) is 5.92 Å². The first-order valence-corrected chi connectivity index (χ1v) is 10.8. The van der Waals surface area contributed by atoms with Gasteiger partial charge in [-0.1, -0.05) is 0 Å². The zero-order chi connectivity index (χ0) is 22.4. The topological polar surface area (TPSA) is 59.1 Å². The summed E-state index contributed by atoms with van der Waals surface area (Å²) >= 11 is 0. The molecular formula is C25H32N2O4. The molecule has 0 aromatic heterocycles. The number of carbonyl (C=O) groups excluding carboxylic acids is 2. The maximum Gasteiger partial charge on any atom is 0.254 e. The van der Waals surface area contributed by atoms with E-state index < -0.39 is 0 Å². The average Bonchev–Trinajstić information content (AvgIpc) is 2.81. The molecule has 0 aliphatic carbocycles. The van der Waals surface area contributed by atoms with Gasteiger partial charge in [0.15, 0.2) is 0 Å². The molecule has 0 radical (unpaired) electrons. The lowest BCUT2D eigenvalue weighted by Crippen LogP contribution is -2.47. The maximum absolute atomic E-state index is 13.1. The van der Waals surface area contributed by atoms with E-state index in [-0.39, 0.29) is 23.8 Å². The van der Waals surface area contributed by atoms with Crippen molar-refractivity contribution in [1.29, 1.82) is 0 Å². The summed E-state index contributed by atoms with van der Waals surface area (Å²) < 4.78 is 10.4. The quantitative estimate of drug-likeness (QED) is 0.671. The van der Waals surface area contributed by atoms with Crippen LogP contribution < -0.4 is 9.47 Å². The highest BCUT2D eigenvalue weighted by atomic mass is 16.5. The van der Waals surface area contributed by atoms with Crippen LogP contribution in [0.2, 0.25) is 0 Å². The summed E-state index contributed by atoms with van der Waals surface area (Å²) in [5.74, 6) is 1.76. The fraction of sp³-hybridized carbons (Fsp3) is 0.440. The molecule has 3 rings (SSSR count). The molecule has 1 aliphatic heterocycles. The van der Waals surface area contributed by atoms with Gasteiger partial charge in [0.25, 0.3) is 11.8 Å². The van der Waals surface area contributed by atoms with Gasteiger partial charge >= 0.3 is 0 Å². The number of ether oxygens (including phenoxy) is 2. The summed E-state index contributed by atoms with van der Waals surface area (Å²) in [5.41, 5.74) is 1.31. The molecule has 2 amide bonds. The van der Waals surface area contributed by atoms with E-state index in [0.29, 0.717) is 24.2 Å². The van der Waals surface area contributed by atoms with Crippen LogP contribution in [0.5, 0.6) is 11.5 Å². The molecular weight excluding hydrogens is 392 g/mol. The number of likely N-dealkylation sites (tertiary alicyclic amines) is 1. The highest BCUT2D eigenvalue weighted by Gasteiger charge is 2.28. The van der Waals surface area contributed by atoms with Crippen LogP contribution in [0.3, 0.4) is 0 Å². The van der Waals surface area contributed by atoms with E-state index >= 15 is 0 Å². The van der Waals surface area contributed by atoms with Crippen molar-refractivity contribution >= 4 is 11.8 Å². The minimum absolute atomic E-state index is 0.0104. The van der Waals surface area contributed by atoms with Gasteiger partial charge in [-0.05, 0) is 81.1 Å². The van der Waals surface area contributed by atoms with Gasteiger partial charge < -0.3 is 19.3 Å². The Balaban J connectivity index is 1.67. The van der Waals surface area contributed by atoms with Crippen LogP contribution in [0.4, 0.5) is 0 Å². The molecule has 6 nitrogen and oxygen atoms in total. The van der Waals surface area contributed by atoms with Crippen LogP contribution in [0.1, 0.15) is 47.4 Å². The molecule has 1 atom stereocenters. The number of nitrogens with zero attached hydrogens (tertiary/aromatic N) is 2. The first kappa shape index (κ1) is 22.7. The van der Waals surface area contributed by atoms with Gasteiger partial charge in [0.05, 0.1) is 14.2 Å². The van der Waals surface area contributed by atoms with Gasteiger partial charge in [-0.25, -0.2) is 0 Å². The summed E-state index contributed by atoms with van der Waals surface area (Å²) in [6.07, 6.45) is 1.95. The van der Waals surface area contributed by atoms with E-state index in [9.17, 15) is 9.59 Å². The molecule has 0 unspecified atom stereocenters. The third kappa shape index (κ3) is 5.57. The van der Waals surface area contributed by atoms with Crippen LogP contribution in [-0.2, 0) is 0 Å². The van der Waals surface area contributed by atoms with Crippen molar-refractivity contribution in [3.8, 4) is 11.5 Å². The monoisotopic (exact) mass is 424 g/mol. The Morgan fingerprint density at radius 1 is 0.968 bits per heavy atom. The molecule has 0 saturated carbocycles. The number of hydrogen-bond acceptors (Lipinski definition) is 4. The fourth-order valence-electron chi connectivity index (χ4n) is 4.02. The predicted octanol–water partition coefficient (Wildman–Crippen LogP) is 4.11. The van der Waals surface area contributed by atoms with Gasteiger partial charge in [0.1, 0.15) is 11.5 Å². The van der Waals surface area contributed by atoms with E-state index in [0.717, 1.165) is 30.9 Å². The third-order valence-corrected chi connectivity index (χ3v) is 5.82. The van der Waals surface area contributed by atoms with Crippen molar-refractivity contribution < 1.29 is 19.1 Å². The van der Waals surface area contributed by atoms with E-state index in [4.69, 9.17) is 9.47 Å². The molecule has 1 fully saturated rings. The van der Waals surface area contributed by atoms with Crippen LogP contribution in [0, 0.1) is 5.92 Å². The van der Waals surface area contributed by atoms with Crippen molar-refractivity contribution in [2.45, 2.75) is 32.7 Å². The maximum atomic E-state index is 13.1. The minimum Gasteiger partial charge on any atom is -0.497 e. The zero-order valence-corrected chi connectivity index (χ0v) is 18.8. The second-order valence-corrected chi connectivity index (χ2v) is 8.27. The lowest BCUT2D eigenvalue weighted by molar-refractivity contribution is 0.0555. The van der Waals surface area contributed by atoms with Gasteiger partial charge in [0.2, 0.25) is 0 Å². The number of hydrogen-bond donors (Lipinski definition) is 0. The number of methoxy groups -OCH3 is 2. The summed E-state index contributed by atoms with van der Waals surface area (Å²) in [6, 6.07) is 14.5. The molecule has 0 bridgehead atoms. The number of piperidine rings is 1. The molecule has 0 spiro atoms. The van der Waals surface area contributed by atoms with Crippen LogP contribution in [0.15, 0.2) is 48.5 Å². The van der Waals surface area contributed by atoms with E-state index in [1.165, 1.54) is 0 Å². The Morgan fingerprint density at radius 3 is 2.03 bits per heavy atom. The van der Waals surface area contributed by atoms with Gasteiger partial charge in [0, 0.05) is 36.8 Å². The molecule has 2 aromatic carbocycles. The second kappa shape index (κ2) is 10.3. The molecule has 1 saturated heterocycles. The molecule has 166 valence electrons. The van der Waals surface area contributed by atoms with Crippen molar-refractivity contribution in [1.82, 2.24) is 9.80 Å². The SMILES string of the molecule is COc1ccc(C(=O)N2CCC[C@H](CN(C(=O)c3ccc(OC)cc3)C(C)C)C2)cc1. The molecule has 6 heteroatoms. The zero-order valence-electron chi connectivity index (χ0n) is 18.8. The predicted molar refractivity (Wildman–Crippen MR) is 121 cm³/mol. The van der Waals surface area contributed by atoms with Crippen molar-refractivity contribution in [3.63, 3.8) is 0 Å². The third-order valence-electron chi connectivity index (χ3n) is 5.82.